The Morgan fingerprint density at radius 1 is 1.50 bits per heavy atom. The summed E-state index contributed by atoms with van der Waals surface area (Å²) in [5.74, 6) is -1.22. The van der Waals surface area contributed by atoms with E-state index < -0.39 is 17.0 Å². The zero-order chi connectivity index (χ0) is 15.6. The van der Waals surface area contributed by atoms with E-state index in [9.17, 15) is 19.8 Å². The number of aliphatic hydroxyl groups excluding tert-OH is 1. The van der Waals surface area contributed by atoms with Crippen molar-refractivity contribution in [3.63, 3.8) is 0 Å². The molecule has 1 aliphatic carbocycles. The highest BCUT2D eigenvalue weighted by Crippen LogP contribution is 2.44. The smallest absolute Gasteiger partial charge is 0.328 e. The molecule has 1 aliphatic rings. The van der Waals surface area contributed by atoms with Crippen LogP contribution in [-0.4, -0.2) is 39.3 Å². The second-order valence-electron chi connectivity index (χ2n) is 5.52. The van der Waals surface area contributed by atoms with Gasteiger partial charge in [-0.2, -0.15) is 0 Å². The minimum atomic E-state index is -1.48. The third-order valence-corrected chi connectivity index (χ3v) is 3.75. The summed E-state index contributed by atoms with van der Waals surface area (Å²) in [6.07, 6.45) is 5.33. The number of rotatable bonds is 4. The van der Waals surface area contributed by atoms with Crippen molar-refractivity contribution in [2.45, 2.75) is 32.8 Å². The standard InChI is InChI=1S/C15H20O5/c1-10(6-13(18)19)4-5-15(20)11(2)7-12(17)8-14(15,3)9-16/h4-7,16,20H,8-9H2,1-3H3,(H,18,19)/t14-,15-/m1/s1. The van der Waals surface area contributed by atoms with Crippen molar-refractivity contribution in [1.82, 2.24) is 0 Å². The van der Waals surface area contributed by atoms with Crippen LogP contribution in [0.5, 0.6) is 0 Å². The lowest BCUT2D eigenvalue weighted by Crippen LogP contribution is -2.52. The minimum absolute atomic E-state index is 0.0311. The van der Waals surface area contributed by atoms with Gasteiger partial charge < -0.3 is 15.3 Å². The summed E-state index contributed by atoms with van der Waals surface area (Å²) in [4.78, 5) is 22.2. The Labute approximate surface area is 117 Å². The Kier molecular flexibility index (Phi) is 4.68. The quantitative estimate of drug-likeness (QED) is 0.531. The fourth-order valence-corrected chi connectivity index (χ4v) is 2.40. The van der Waals surface area contributed by atoms with Gasteiger partial charge in [0.05, 0.1) is 6.61 Å². The molecule has 0 amide bonds. The molecule has 0 spiro atoms. The molecule has 110 valence electrons. The van der Waals surface area contributed by atoms with Gasteiger partial charge in [0.1, 0.15) is 5.60 Å². The van der Waals surface area contributed by atoms with E-state index in [1.165, 1.54) is 18.2 Å². The molecule has 3 N–H and O–H groups in total. The number of carbonyl (C=O) groups is 2. The predicted octanol–water partition coefficient (Wildman–Crippen LogP) is 1.22. The molecule has 0 radical (unpaired) electrons. The molecule has 0 fully saturated rings. The van der Waals surface area contributed by atoms with Crippen molar-refractivity contribution in [3.05, 3.63) is 35.5 Å². The van der Waals surface area contributed by atoms with E-state index in [1.54, 1.807) is 20.8 Å². The molecule has 0 saturated heterocycles. The molecule has 0 bridgehead atoms. The summed E-state index contributed by atoms with van der Waals surface area (Å²) < 4.78 is 0. The van der Waals surface area contributed by atoms with Crippen LogP contribution in [0.1, 0.15) is 27.2 Å². The van der Waals surface area contributed by atoms with Gasteiger partial charge in [0.25, 0.3) is 0 Å². The normalized spacial score (nSPS) is 31.6. The van der Waals surface area contributed by atoms with Gasteiger partial charge >= 0.3 is 5.97 Å². The average molecular weight is 280 g/mol. The maximum Gasteiger partial charge on any atom is 0.328 e. The van der Waals surface area contributed by atoms with E-state index >= 15 is 0 Å². The Morgan fingerprint density at radius 3 is 2.60 bits per heavy atom. The minimum Gasteiger partial charge on any atom is -0.478 e. The van der Waals surface area contributed by atoms with Crippen molar-refractivity contribution in [2.75, 3.05) is 6.61 Å². The molecule has 0 aliphatic heterocycles. The van der Waals surface area contributed by atoms with Crippen LogP contribution in [0.3, 0.4) is 0 Å². The summed E-state index contributed by atoms with van der Waals surface area (Å²) in [7, 11) is 0. The van der Waals surface area contributed by atoms with Gasteiger partial charge in [-0.15, -0.1) is 0 Å². The summed E-state index contributed by atoms with van der Waals surface area (Å²) in [6, 6.07) is 0. The number of carboxylic acid groups (broad SMARTS) is 1. The van der Waals surface area contributed by atoms with E-state index in [0.29, 0.717) is 11.1 Å². The van der Waals surface area contributed by atoms with Crippen LogP contribution in [0.4, 0.5) is 0 Å². The third kappa shape index (κ3) is 3.05. The van der Waals surface area contributed by atoms with Crippen molar-refractivity contribution < 1.29 is 24.9 Å². The van der Waals surface area contributed by atoms with Crippen LogP contribution >= 0.6 is 0 Å². The topological polar surface area (TPSA) is 94.8 Å². The SMILES string of the molecule is CC(C=C[C@@]1(O)C(C)=CC(=O)C[C@]1(C)CO)=CC(=O)O. The summed E-state index contributed by atoms with van der Waals surface area (Å²) in [5.41, 5.74) is -1.62. The second-order valence-corrected chi connectivity index (χ2v) is 5.52. The van der Waals surface area contributed by atoms with E-state index in [4.69, 9.17) is 5.11 Å². The Balaban J connectivity index is 3.22. The predicted molar refractivity (Wildman–Crippen MR) is 74.1 cm³/mol. The fourth-order valence-electron chi connectivity index (χ4n) is 2.40. The van der Waals surface area contributed by atoms with Crippen molar-refractivity contribution in [2.24, 2.45) is 5.41 Å². The first kappa shape index (κ1) is 16.3. The number of allylic oxidation sites excluding steroid dienone is 3. The summed E-state index contributed by atoms with van der Waals surface area (Å²) >= 11 is 0. The van der Waals surface area contributed by atoms with E-state index in [0.717, 1.165) is 6.08 Å². The van der Waals surface area contributed by atoms with Gasteiger partial charge in [-0.25, -0.2) is 4.79 Å². The van der Waals surface area contributed by atoms with Gasteiger partial charge in [-0.1, -0.05) is 13.0 Å². The van der Waals surface area contributed by atoms with Crippen LogP contribution in [0.25, 0.3) is 0 Å². The molecule has 0 unspecified atom stereocenters. The number of hydrogen-bond acceptors (Lipinski definition) is 4. The first-order valence-electron chi connectivity index (χ1n) is 6.30. The maximum absolute atomic E-state index is 11.6. The van der Waals surface area contributed by atoms with Crippen LogP contribution < -0.4 is 0 Å². The molecule has 2 atom stereocenters. The number of ketones is 1. The zero-order valence-corrected chi connectivity index (χ0v) is 11.9. The Bertz CT molecular complexity index is 514. The first-order chi connectivity index (χ1) is 9.14. The van der Waals surface area contributed by atoms with Crippen molar-refractivity contribution in [3.8, 4) is 0 Å². The third-order valence-electron chi connectivity index (χ3n) is 3.75. The van der Waals surface area contributed by atoms with Crippen molar-refractivity contribution in [1.29, 1.82) is 0 Å². The number of aliphatic carboxylic acids is 1. The van der Waals surface area contributed by atoms with E-state index in [1.807, 2.05) is 0 Å². The molecular weight excluding hydrogens is 260 g/mol. The highest BCUT2D eigenvalue weighted by Gasteiger charge is 2.49. The molecule has 5 nitrogen and oxygen atoms in total. The molecule has 0 aromatic heterocycles. The number of carboxylic acids is 1. The lowest BCUT2D eigenvalue weighted by Gasteiger charge is -2.45. The molecule has 0 saturated carbocycles. The van der Waals surface area contributed by atoms with Gasteiger partial charge in [0, 0.05) is 17.9 Å². The number of hydrogen-bond donors (Lipinski definition) is 3. The van der Waals surface area contributed by atoms with E-state index in [2.05, 4.69) is 0 Å². The summed E-state index contributed by atoms with van der Waals surface area (Å²) in [5, 5.41) is 29.0. The first-order valence-corrected chi connectivity index (χ1v) is 6.30. The molecule has 20 heavy (non-hydrogen) atoms. The average Bonchev–Trinajstić information content (AvgIpc) is 2.33. The van der Waals surface area contributed by atoms with Crippen LogP contribution in [-0.2, 0) is 9.59 Å². The number of aliphatic hydroxyl groups is 2. The maximum atomic E-state index is 11.6. The van der Waals surface area contributed by atoms with Gasteiger partial charge in [0.2, 0.25) is 0 Å². The Hall–Kier alpha value is -1.72. The summed E-state index contributed by atoms with van der Waals surface area (Å²) in [6.45, 7) is 4.48. The van der Waals surface area contributed by atoms with Crippen LogP contribution in [0.2, 0.25) is 0 Å². The monoisotopic (exact) mass is 280 g/mol. The number of carbonyl (C=O) groups excluding carboxylic acids is 1. The molecular formula is C15H20O5. The zero-order valence-electron chi connectivity index (χ0n) is 11.9. The van der Waals surface area contributed by atoms with Gasteiger partial charge in [-0.05, 0) is 37.1 Å². The molecule has 0 heterocycles. The highest BCUT2D eigenvalue weighted by atomic mass is 16.4. The van der Waals surface area contributed by atoms with Crippen molar-refractivity contribution >= 4 is 11.8 Å². The lowest BCUT2D eigenvalue weighted by molar-refractivity contribution is -0.131. The van der Waals surface area contributed by atoms with Crippen LogP contribution in [0.15, 0.2) is 35.5 Å². The van der Waals surface area contributed by atoms with Gasteiger partial charge in [-0.3, -0.25) is 4.79 Å². The largest absolute Gasteiger partial charge is 0.478 e. The van der Waals surface area contributed by atoms with E-state index in [-0.39, 0.29) is 18.8 Å². The second kappa shape index (κ2) is 5.73. The Morgan fingerprint density at radius 2 is 2.10 bits per heavy atom. The molecule has 5 heteroatoms. The lowest BCUT2D eigenvalue weighted by atomic mass is 9.64. The fraction of sp³-hybridized carbons (Fsp3) is 0.467. The highest BCUT2D eigenvalue weighted by molar-refractivity contribution is 5.93. The molecule has 1 rings (SSSR count). The van der Waals surface area contributed by atoms with Crippen LogP contribution in [0, 0.1) is 5.41 Å². The van der Waals surface area contributed by atoms with Gasteiger partial charge in [0.15, 0.2) is 5.78 Å². The molecule has 0 aromatic carbocycles. The molecule has 0 aromatic rings.